The van der Waals surface area contributed by atoms with Crippen molar-refractivity contribution in [2.45, 2.75) is 52.3 Å². The smallest absolute Gasteiger partial charge is 0.262 e. The minimum Gasteiger partial charge on any atom is -0.392 e. The molecule has 0 radical (unpaired) electrons. The van der Waals surface area contributed by atoms with Gasteiger partial charge in [-0.1, -0.05) is 26.8 Å². The van der Waals surface area contributed by atoms with E-state index in [0.717, 1.165) is 13.0 Å². The van der Waals surface area contributed by atoms with Crippen LogP contribution in [0.4, 0.5) is 0 Å². The molecule has 1 aromatic rings. The lowest BCUT2D eigenvalue weighted by molar-refractivity contribution is -0.137. The molecule has 1 aromatic heterocycles. The van der Waals surface area contributed by atoms with Gasteiger partial charge in [-0.2, -0.15) is 0 Å². The first-order valence-corrected chi connectivity index (χ1v) is 10.3. The summed E-state index contributed by atoms with van der Waals surface area (Å²) in [4.78, 5) is 30.2. The lowest BCUT2D eigenvalue weighted by Gasteiger charge is -2.43. The van der Waals surface area contributed by atoms with Crippen LogP contribution in [0.3, 0.4) is 0 Å². The van der Waals surface area contributed by atoms with E-state index in [2.05, 4.69) is 17.1 Å². The van der Waals surface area contributed by atoms with Crippen molar-refractivity contribution in [3.63, 3.8) is 0 Å². The Morgan fingerprint density at radius 1 is 1.35 bits per heavy atom. The Labute approximate surface area is 160 Å². The van der Waals surface area contributed by atoms with Gasteiger partial charge < -0.3 is 15.3 Å². The third-order valence-corrected chi connectivity index (χ3v) is 5.72. The van der Waals surface area contributed by atoms with Gasteiger partial charge >= 0.3 is 0 Å². The summed E-state index contributed by atoms with van der Waals surface area (Å²) in [7, 11) is 0. The first-order chi connectivity index (χ1) is 12.3. The minimum atomic E-state index is -0.523. The average molecular weight is 382 g/mol. The van der Waals surface area contributed by atoms with Gasteiger partial charge in [0.05, 0.1) is 11.0 Å². The molecule has 7 heteroatoms. The van der Waals surface area contributed by atoms with E-state index in [9.17, 15) is 14.7 Å². The van der Waals surface area contributed by atoms with Crippen molar-refractivity contribution >= 4 is 23.2 Å². The van der Waals surface area contributed by atoms with Crippen molar-refractivity contribution in [3.8, 4) is 0 Å². The van der Waals surface area contributed by atoms with Crippen LogP contribution in [0.1, 0.15) is 43.8 Å². The molecular formula is C19H31N3O3S. The second-order valence-corrected chi connectivity index (χ2v) is 8.31. The van der Waals surface area contributed by atoms with E-state index in [-0.39, 0.29) is 29.9 Å². The fourth-order valence-electron chi connectivity index (χ4n) is 3.39. The van der Waals surface area contributed by atoms with Gasteiger partial charge in [-0.3, -0.25) is 14.5 Å². The van der Waals surface area contributed by atoms with E-state index in [0.29, 0.717) is 24.5 Å². The summed E-state index contributed by atoms with van der Waals surface area (Å²) in [5.74, 6) is -0.186. The fraction of sp³-hybridized carbons (Fsp3) is 0.684. The van der Waals surface area contributed by atoms with Crippen molar-refractivity contribution in [2.24, 2.45) is 5.92 Å². The molecular weight excluding hydrogens is 350 g/mol. The molecule has 146 valence electrons. The van der Waals surface area contributed by atoms with E-state index < -0.39 is 6.04 Å². The van der Waals surface area contributed by atoms with E-state index >= 15 is 0 Å². The molecule has 2 N–H and O–H groups in total. The Bertz CT molecular complexity index is 589. The van der Waals surface area contributed by atoms with Crippen molar-refractivity contribution in [1.29, 1.82) is 0 Å². The molecule has 0 bridgehead atoms. The second-order valence-electron chi connectivity index (χ2n) is 7.36. The summed E-state index contributed by atoms with van der Waals surface area (Å²) in [6.45, 7) is 10.4. The van der Waals surface area contributed by atoms with Gasteiger partial charge in [0.25, 0.3) is 5.91 Å². The molecule has 6 nitrogen and oxygen atoms in total. The molecule has 1 aliphatic rings. The molecule has 2 amide bonds. The van der Waals surface area contributed by atoms with Crippen LogP contribution < -0.4 is 5.32 Å². The zero-order valence-corrected chi connectivity index (χ0v) is 17.0. The van der Waals surface area contributed by atoms with Crippen molar-refractivity contribution in [2.75, 3.05) is 26.2 Å². The predicted octanol–water partition coefficient (Wildman–Crippen LogP) is 1.81. The number of amides is 2. The second kappa shape index (κ2) is 9.48. The first-order valence-electron chi connectivity index (χ1n) is 9.38. The highest BCUT2D eigenvalue weighted by atomic mass is 32.1. The number of hydrogen-bond acceptors (Lipinski definition) is 5. The molecule has 0 unspecified atom stereocenters. The van der Waals surface area contributed by atoms with Gasteiger partial charge in [-0.25, -0.2) is 0 Å². The molecule has 3 atom stereocenters. The van der Waals surface area contributed by atoms with Crippen molar-refractivity contribution < 1.29 is 14.7 Å². The van der Waals surface area contributed by atoms with Crippen LogP contribution in [0.25, 0.3) is 0 Å². The number of nitrogens with one attached hydrogen (secondary N) is 1. The Morgan fingerprint density at radius 2 is 2.08 bits per heavy atom. The summed E-state index contributed by atoms with van der Waals surface area (Å²) in [6, 6.07) is 3.32. The summed E-state index contributed by atoms with van der Waals surface area (Å²) >= 11 is 1.37. The van der Waals surface area contributed by atoms with Gasteiger partial charge in [0.2, 0.25) is 5.91 Å². The number of rotatable bonds is 7. The van der Waals surface area contributed by atoms with E-state index in [1.807, 2.05) is 30.2 Å². The number of nitrogens with zero attached hydrogens (tertiary/aromatic N) is 2. The minimum absolute atomic E-state index is 0.0138. The monoisotopic (exact) mass is 381 g/mol. The highest BCUT2D eigenvalue weighted by Crippen LogP contribution is 2.17. The molecule has 2 rings (SSSR count). The lowest BCUT2D eigenvalue weighted by Crippen LogP contribution is -2.60. The Balaban J connectivity index is 2.03. The normalized spacial score (nSPS) is 20.8. The summed E-state index contributed by atoms with van der Waals surface area (Å²) < 4.78 is 0. The highest BCUT2D eigenvalue weighted by Gasteiger charge is 2.34. The molecule has 0 spiro atoms. The third kappa shape index (κ3) is 5.28. The number of carbonyl (C=O) groups is 2. The molecule has 1 aliphatic heterocycles. The zero-order chi connectivity index (χ0) is 19.3. The third-order valence-electron chi connectivity index (χ3n) is 4.85. The zero-order valence-electron chi connectivity index (χ0n) is 16.1. The van der Waals surface area contributed by atoms with Gasteiger partial charge in [-0.15, -0.1) is 11.3 Å². The van der Waals surface area contributed by atoms with Crippen LogP contribution in [0.15, 0.2) is 17.5 Å². The van der Waals surface area contributed by atoms with E-state index in [4.69, 9.17) is 0 Å². The van der Waals surface area contributed by atoms with Crippen LogP contribution in [0, 0.1) is 5.92 Å². The van der Waals surface area contributed by atoms with Crippen molar-refractivity contribution in [3.05, 3.63) is 22.4 Å². The maximum atomic E-state index is 13.1. The number of hydrogen-bond donors (Lipinski definition) is 2. The number of aliphatic hydroxyl groups is 1. The quantitative estimate of drug-likeness (QED) is 0.755. The summed E-state index contributed by atoms with van der Waals surface area (Å²) in [6.07, 6.45) is 0.546. The number of β-amino-alcohol motifs (C(OH)–C–C–N with tert-alkyl or cyclic N) is 1. The van der Waals surface area contributed by atoms with Crippen LogP contribution >= 0.6 is 11.3 Å². The van der Waals surface area contributed by atoms with Crippen LogP contribution in [-0.4, -0.2) is 71.1 Å². The molecule has 0 aromatic carbocycles. The number of piperazine rings is 1. The topological polar surface area (TPSA) is 72.9 Å². The van der Waals surface area contributed by atoms with Gasteiger partial charge in [-0.05, 0) is 30.7 Å². The Morgan fingerprint density at radius 3 is 2.62 bits per heavy atom. The maximum Gasteiger partial charge on any atom is 0.262 e. The first kappa shape index (κ1) is 20.9. The molecule has 0 aliphatic carbocycles. The summed E-state index contributed by atoms with van der Waals surface area (Å²) in [5.41, 5.74) is 0. The molecule has 1 fully saturated rings. The van der Waals surface area contributed by atoms with Crippen molar-refractivity contribution in [1.82, 2.24) is 15.1 Å². The van der Waals surface area contributed by atoms with Crippen LogP contribution in [0.5, 0.6) is 0 Å². The molecule has 1 saturated heterocycles. The summed E-state index contributed by atoms with van der Waals surface area (Å²) in [5, 5.41) is 14.4. The maximum absolute atomic E-state index is 13.1. The Kier molecular flexibility index (Phi) is 7.61. The lowest BCUT2D eigenvalue weighted by atomic mass is 10.0. The van der Waals surface area contributed by atoms with Gasteiger partial charge in [0.15, 0.2) is 0 Å². The number of carbonyl (C=O) groups excluding carboxylic acids is 2. The number of thiophene rings is 1. The van der Waals surface area contributed by atoms with Gasteiger partial charge in [0.1, 0.15) is 6.04 Å². The Hall–Kier alpha value is -1.44. The molecule has 0 saturated carbocycles. The molecule has 26 heavy (non-hydrogen) atoms. The standard InChI is InChI=1S/C19H31N3O3S/c1-5-15-12-22(9-8-21(15)11-14(4)23)19(25)17(13(2)3)20-18(24)16-7-6-10-26-16/h6-7,10,13-15,17,23H,5,8-9,11-12H2,1-4H3,(H,20,24)/t14-,15-,17-/m1/s1. The van der Waals surface area contributed by atoms with E-state index in [1.165, 1.54) is 11.3 Å². The van der Waals surface area contributed by atoms with Gasteiger partial charge in [0, 0.05) is 32.2 Å². The van der Waals surface area contributed by atoms with Crippen LogP contribution in [-0.2, 0) is 4.79 Å². The highest BCUT2D eigenvalue weighted by molar-refractivity contribution is 7.12. The van der Waals surface area contributed by atoms with Crippen LogP contribution in [0.2, 0.25) is 0 Å². The molecule has 2 heterocycles. The average Bonchev–Trinajstić information content (AvgIpc) is 3.13. The number of aliphatic hydroxyl groups excluding tert-OH is 1. The largest absolute Gasteiger partial charge is 0.392 e. The SMILES string of the molecule is CC[C@@H]1CN(C(=O)[C@H](NC(=O)c2cccs2)C(C)C)CCN1C[C@@H](C)O. The predicted molar refractivity (Wildman–Crippen MR) is 104 cm³/mol. The van der Waals surface area contributed by atoms with E-state index in [1.54, 1.807) is 13.0 Å². The fourth-order valence-corrected chi connectivity index (χ4v) is 4.02.